The average Bonchev–Trinajstić information content (AvgIpc) is 2.95. The predicted octanol–water partition coefficient (Wildman–Crippen LogP) is 4.94. The van der Waals surface area contributed by atoms with Crippen LogP contribution in [0.15, 0.2) is 30.5 Å². The van der Waals surface area contributed by atoms with Crippen molar-refractivity contribution in [3.05, 3.63) is 46.6 Å². The van der Waals surface area contributed by atoms with Gasteiger partial charge in [0.25, 0.3) is 0 Å². The van der Waals surface area contributed by atoms with Crippen molar-refractivity contribution in [1.82, 2.24) is 15.0 Å². The maximum Gasteiger partial charge on any atom is 0.222 e. The van der Waals surface area contributed by atoms with Gasteiger partial charge in [-0.3, -0.25) is 0 Å². The second-order valence-corrected chi connectivity index (χ2v) is 7.73. The molecule has 0 amide bonds. The number of thiazole rings is 1. The molecule has 0 radical (unpaired) electrons. The van der Waals surface area contributed by atoms with E-state index in [1.807, 2.05) is 0 Å². The zero-order chi connectivity index (χ0) is 17.5. The van der Waals surface area contributed by atoms with Crippen LogP contribution in [-0.4, -0.2) is 15.0 Å². The Morgan fingerprint density at radius 1 is 1.17 bits per heavy atom. The molecule has 0 atom stereocenters. The molecule has 24 heavy (non-hydrogen) atoms. The number of hydrogen-bond donors (Lipinski definition) is 1. The van der Waals surface area contributed by atoms with Gasteiger partial charge in [-0.25, -0.2) is 19.3 Å². The monoisotopic (exact) mass is 362 g/mol. The summed E-state index contributed by atoms with van der Waals surface area (Å²) in [4.78, 5) is 13.8. The Labute approximate surface area is 148 Å². The number of aromatic nitrogens is 3. The van der Waals surface area contributed by atoms with E-state index >= 15 is 0 Å². The quantitative estimate of drug-likeness (QED) is 0.518. The van der Waals surface area contributed by atoms with Crippen LogP contribution in [0.5, 0.6) is 0 Å². The van der Waals surface area contributed by atoms with Gasteiger partial charge >= 0.3 is 0 Å². The number of nitrogens with zero attached hydrogens (tertiary/aromatic N) is 3. The van der Waals surface area contributed by atoms with Gasteiger partial charge in [-0.2, -0.15) is 0 Å². The number of nitrogen functional groups attached to an aromatic ring is 1. The van der Waals surface area contributed by atoms with Crippen molar-refractivity contribution in [1.29, 1.82) is 0 Å². The standard InChI is InChI=1S/C17H16ClFN4S/c1-17(2,3)15-23-13(9-4-5-10(19)11(20)8-9)14(24-15)12-6-7-21-16(18)22-12/h4-8H,20H2,1-3H3. The fourth-order valence-electron chi connectivity index (χ4n) is 2.16. The lowest BCUT2D eigenvalue weighted by Crippen LogP contribution is -2.10. The fraction of sp³-hybridized carbons (Fsp3) is 0.235. The predicted molar refractivity (Wildman–Crippen MR) is 96.7 cm³/mol. The molecule has 2 heterocycles. The minimum atomic E-state index is -0.448. The number of halogens is 2. The highest BCUT2D eigenvalue weighted by molar-refractivity contribution is 7.15. The Hall–Kier alpha value is -2.05. The Kier molecular flexibility index (Phi) is 4.27. The van der Waals surface area contributed by atoms with Crippen LogP contribution >= 0.6 is 22.9 Å². The lowest BCUT2D eigenvalue weighted by molar-refractivity contribution is 0.586. The van der Waals surface area contributed by atoms with Gasteiger partial charge in [0, 0.05) is 17.2 Å². The third-order valence-electron chi connectivity index (χ3n) is 3.40. The minimum absolute atomic E-state index is 0.0875. The smallest absolute Gasteiger partial charge is 0.222 e. The first-order valence-corrected chi connectivity index (χ1v) is 8.51. The van der Waals surface area contributed by atoms with Crippen LogP contribution in [0.1, 0.15) is 25.8 Å². The highest BCUT2D eigenvalue weighted by atomic mass is 35.5. The second kappa shape index (κ2) is 6.11. The Morgan fingerprint density at radius 2 is 1.92 bits per heavy atom. The summed E-state index contributed by atoms with van der Waals surface area (Å²) >= 11 is 7.47. The molecule has 0 saturated carbocycles. The molecule has 0 saturated heterocycles. The molecule has 0 unspecified atom stereocenters. The second-order valence-electron chi connectivity index (χ2n) is 6.39. The van der Waals surface area contributed by atoms with E-state index in [4.69, 9.17) is 22.3 Å². The molecule has 0 bridgehead atoms. The number of nitrogens with two attached hydrogens (primary N) is 1. The van der Waals surface area contributed by atoms with E-state index in [2.05, 4.69) is 30.7 Å². The molecule has 0 fully saturated rings. The summed E-state index contributed by atoms with van der Waals surface area (Å²) in [6.07, 6.45) is 1.60. The molecule has 0 aliphatic heterocycles. The summed E-state index contributed by atoms with van der Waals surface area (Å²) in [5, 5.41) is 1.12. The van der Waals surface area contributed by atoms with Crippen molar-refractivity contribution in [3.8, 4) is 21.8 Å². The van der Waals surface area contributed by atoms with Gasteiger partial charge in [0.15, 0.2) is 0 Å². The minimum Gasteiger partial charge on any atom is -0.396 e. The average molecular weight is 363 g/mol. The lowest BCUT2D eigenvalue weighted by atomic mass is 9.98. The van der Waals surface area contributed by atoms with Crippen LogP contribution in [-0.2, 0) is 5.41 Å². The third kappa shape index (κ3) is 3.25. The Balaban J connectivity index is 2.23. The highest BCUT2D eigenvalue weighted by Crippen LogP contribution is 2.40. The lowest BCUT2D eigenvalue weighted by Gasteiger charge is -2.13. The number of hydrogen-bond acceptors (Lipinski definition) is 5. The molecule has 3 aromatic rings. The van der Waals surface area contributed by atoms with Gasteiger partial charge in [-0.05, 0) is 35.9 Å². The summed E-state index contributed by atoms with van der Waals surface area (Å²) in [6.45, 7) is 6.27. The molecule has 0 aliphatic carbocycles. The Morgan fingerprint density at radius 3 is 2.54 bits per heavy atom. The number of anilines is 1. The summed E-state index contributed by atoms with van der Waals surface area (Å²) in [6, 6.07) is 6.38. The van der Waals surface area contributed by atoms with Gasteiger partial charge in [-0.1, -0.05) is 20.8 Å². The molecule has 1 aromatic carbocycles. The maximum atomic E-state index is 13.5. The van der Waals surface area contributed by atoms with Crippen LogP contribution in [0.4, 0.5) is 10.1 Å². The summed E-state index contributed by atoms with van der Waals surface area (Å²) in [5.74, 6) is -0.448. The van der Waals surface area contributed by atoms with E-state index in [0.29, 0.717) is 11.4 Å². The van der Waals surface area contributed by atoms with Crippen LogP contribution in [0.2, 0.25) is 5.28 Å². The largest absolute Gasteiger partial charge is 0.396 e. The molecule has 0 aliphatic rings. The van der Waals surface area contributed by atoms with Crippen molar-refractivity contribution in [2.45, 2.75) is 26.2 Å². The van der Waals surface area contributed by atoms with Crippen molar-refractivity contribution in [2.24, 2.45) is 0 Å². The van der Waals surface area contributed by atoms with E-state index in [0.717, 1.165) is 15.4 Å². The molecule has 7 heteroatoms. The van der Waals surface area contributed by atoms with Crippen LogP contribution in [0, 0.1) is 5.82 Å². The maximum absolute atomic E-state index is 13.5. The highest BCUT2D eigenvalue weighted by Gasteiger charge is 2.24. The van der Waals surface area contributed by atoms with Crippen molar-refractivity contribution in [2.75, 3.05) is 5.73 Å². The van der Waals surface area contributed by atoms with E-state index < -0.39 is 5.82 Å². The van der Waals surface area contributed by atoms with Crippen LogP contribution < -0.4 is 5.73 Å². The molecule has 2 aromatic heterocycles. The first-order valence-electron chi connectivity index (χ1n) is 7.31. The normalized spacial score (nSPS) is 11.7. The van der Waals surface area contributed by atoms with Crippen molar-refractivity contribution in [3.63, 3.8) is 0 Å². The summed E-state index contributed by atoms with van der Waals surface area (Å²) < 4.78 is 13.5. The third-order valence-corrected chi connectivity index (χ3v) is 5.08. The van der Waals surface area contributed by atoms with Gasteiger partial charge in [0.2, 0.25) is 5.28 Å². The van der Waals surface area contributed by atoms with Crippen molar-refractivity contribution < 1.29 is 4.39 Å². The molecule has 3 rings (SSSR count). The zero-order valence-corrected chi connectivity index (χ0v) is 15.0. The van der Waals surface area contributed by atoms with Crippen LogP contribution in [0.3, 0.4) is 0 Å². The molecule has 0 spiro atoms. The first kappa shape index (κ1) is 16.8. The summed E-state index contributed by atoms with van der Waals surface area (Å²) in [5.41, 5.74) is 7.82. The molecular formula is C17H16ClFN4S. The SMILES string of the molecule is CC(C)(C)c1nc(-c2ccc(F)c(N)c2)c(-c2ccnc(Cl)n2)s1. The van der Waals surface area contributed by atoms with Gasteiger partial charge in [-0.15, -0.1) is 11.3 Å². The number of benzene rings is 1. The summed E-state index contributed by atoms with van der Waals surface area (Å²) in [7, 11) is 0. The first-order chi connectivity index (χ1) is 11.3. The Bertz CT molecular complexity index is 902. The molecular weight excluding hydrogens is 347 g/mol. The molecule has 2 N–H and O–H groups in total. The van der Waals surface area contributed by atoms with Gasteiger partial charge < -0.3 is 5.73 Å². The fourth-order valence-corrected chi connectivity index (χ4v) is 3.42. The van der Waals surface area contributed by atoms with E-state index in [1.54, 1.807) is 24.4 Å². The van der Waals surface area contributed by atoms with Crippen molar-refractivity contribution >= 4 is 28.6 Å². The van der Waals surface area contributed by atoms with E-state index in [-0.39, 0.29) is 16.4 Å². The zero-order valence-electron chi connectivity index (χ0n) is 13.5. The topological polar surface area (TPSA) is 64.7 Å². The van der Waals surface area contributed by atoms with E-state index in [1.165, 1.54) is 17.4 Å². The van der Waals surface area contributed by atoms with Gasteiger partial charge in [0.1, 0.15) is 5.82 Å². The number of rotatable bonds is 2. The molecule has 4 nitrogen and oxygen atoms in total. The molecule has 124 valence electrons. The van der Waals surface area contributed by atoms with E-state index in [9.17, 15) is 4.39 Å². The van der Waals surface area contributed by atoms with Gasteiger partial charge in [0.05, 0.1) is 27.0 Å². The van der Waals surface area contributed by atoms with Crippen LogP contribution in [0.25, 0.3) is 21.8 Å².